The van der Waals surface area contributed by atoms with Crippen molar-refractivity contribution in [2.24, 2.45) is 5.92 Å². The number of hydrazine groups is 1. The fourth-order valence-electron chi connectivity index (χ4n) is 5.06. The number of sulfonamides is 1. The SMILES string of the molecule is CCc1ccccc1CC1CCCN(C(=O)c2ccc(NS(=O)(=O)c3cccc4cccnc34)cc2)NC1. The zero-order chi connectivity index (χ0) is 26.5. The van der Waals surface area contributed by atoms with Crippen molar-refractivity contribution >= 4 is 32.5 Å². The number of benzene rings is 3. The fraction of sp³-hybridized carbons (Fsp3) is 0.267. The number of nitrogens with zero attached hydrogens (tertiary/aromatic N) is 2. The summed E-state index contributed by atoms with van der Waals surface area (Å²) in [6, 6.07) is 23.8. The van der Waals surface area contributed by atoms with Gasteiger partial charge in [0.05, 0.1) is 5.52 Å². The molecule has 1 unspecified atom stereocenters. The van der Waals surface area contributed by atoms with Gasteiger partial charge in [0.25, 0.3) is 15.9 Å². The molecule has 196 valence electrons. The van der Waals surface area contributed by atoms with E-state index in [9.17, 15) is 13.2 Å². The van der Waals surface area contributed by atoms with Crippen LogP contribution >= 0.6 is 0 Å². The monoisotopic (exact) mass is 528 g/mol. The number of aromatic nitrogens is 1. The summed E-state index contributed by atoms with van der Waals surface area (Å²) in [4.78, 5) is 17.6. The Kier molecular flexibility index (Phi) is 7.72. The molecule has 0 spiro atoms. The Bertz CT molecular complexity index is 1530. The van der Waals surface area contributed by atoms with Crippen LogP contribution in [0.2, 0.25) is 0 Å². The lowest BCUT2D eigenvalue weighted by atomic mass is 9.92. The highest BCUT2D eigenvalue weighted by atomic mass is 32.2. The van der Waals surface area contributed by atoms with Gasteiger partial charge in [-0.05, 0) is 79.1 Å². The smallest absolute Gasteiger partial charge is 0.267 e. The van der Waals surface area contributed by atoms with Crippen LogP contribution in [-0.2, 0) is 22.9 Å². The Hall–Kier alpha value is -3.75. The minimum Gasteiger partial charge on any atom is -0.280 e. The van der Waals surface area contributed by atoms with Crippen molar-refractivity contribution in [2.45, 2.75) is 37.5 Å². The Balaban J connectivity index is 1.23. The van der Waals surface area contributed by atoms with Crippen LogP contribution in [0.3, 0.4) is 0 Å². The Morgan fingerprint density at radius 3 is 2.55 bits per heavy atom. The number of anilines is 1. The standard InChI is InChI=1S/C30H32N4O3S/c1-2-23-9-3-4-10-26(23)20-22-8-7-19-34(32-21-22)30(35)25-14-16-27(17-15-25)33-38(36,37)28-13-5-11-24-12-6-18-31-29(24)28/h3-6,9-18,22,32-33H,2,7-8,19-21H2,1H3. The maximum Gasteiger partial charge on any atom is 0.267 e. The number of carbonyl (C=O) groups is 1. The molecular weight excluding hydrogens is 496 g/mol. The number of carbonyl (C=O) groups excluding carboxylic acids is 1. The zero-order valence-electron chi connectivity index (χ0n) is 21.4. The van der Waals surface area contributed by atoms with E-state index in [1.54, 1.807) is 47.6 Å². The maximum absolute atomic E-state index is 13.2. The molecule has 5 rings (SSSR count). The lowest BCUT2D eigenvalue weighted by Gasteiger charge is -2.22. The lowest BCUT2D eigenvalue weighted by Crippen LogP contribution is -2.43. The molecule has 2 heterocycles. The summed E-state index contributed by atoms with van der Waals surface area (Å²) in [5.41, 5.74) is 7.42. The Labute approximate surface area is 223 Å². The molecule has 1 aliphatic rings. The van der Waals surface area contributed by atoms with Gasteiger partial charge in [0, 0.05) is 35.9 Å². The highest BCUT2D eigenvalue weighted by molar-refractivity contribution is 7.93. The van der Waals surface area contributed by atoms with Gasteiger partial charge in [0.2, 0.25) is 0 Å². The van der Waals surface area contributed by atoms with E-state index in [2.05, 4.69) is 46.3 Å². The highest BCUT2D eigenvalue weighted by Crippen LogP contribution is 2.24. The van der Waals surface area contributed by atoms with E-state index >= 15 is 0 Å². The summed E-state index contributed by atoms with van der Waals surface area (Å²) in [7, 11) is -3.86. The van der Waals surface area contributed by atoms with Crippen molar-refractivity contribution in [1.29, 1.82) is 0 Å². The largest absolute Gasteiger partial charge is 0.280 e. The van der Waals surface area contributed by atoms with Gasteiger partial charge in [0.1, 0.15) is 4.90 Å². The molecule has 2 N–H and O–H groups in total. The number of aryl methyl sites for hydroxylation is 1. The average molecular weight is 529 g/mol. The number of pyridine rings is 1. The quantitative estimate of drug-likeness (QED) is 0.344. The normalized spacial score (nSPS) is 16.2. The third-order valence-electron chi connectivity index (χ3n) is 7.09. The van der Waals surface area contributed by atoms with Crippen molar-refractivity contribution in [3.63, 3.8) is 0 Å². The molecule has 8 heteroatoms. The fourth-order valence-corrected chi connectivity index (χ4v) is 6.30. The first kappa shape index (κ1) is 25.9. The third-order valence-corrected chi connectivity index (χ3v) is 8.50. The Morgan fingerprint density at radius 2 is 1.76 bits per heavy atom. The number of hydrogen-bond acceptors (Lipinski definition) is 5. The number of hydrogen-bond donors (Lipinski definition) is 2. The number of amides is 1. The van der Waals surface area contributed by atoms with Crippen LogP contribution in [-0.4, -0.2) is 37.4 Å². The first-order chi connectivity index (χ1) is 18.4. The van der Waals surface area contributed by atoms with E-state index in [1.807, 2.05) is 12.1 Å². The molecule has 1 aromatic heterocycles. The van der Waals surface area contributed by atoms with Gasteiger partial charge < -0.3 is 0 Å². The van der Waals surface area contributed by atoms with E-state index in [0.29, 0.717) is 29.2 Å². The molecule has 0 aliphatic carbocycles. The predicted octanol–water partition coefficient (Wildman–Crippen LogP) is 5.20. The van der Waals surface area contributed by atoms with Gasteiger partial charge in [-0.1, -0.05) is 49.4 Å². The molecule has 0 saturated carbocycles. The van der Waals surface area contributed by atoms with E-state index in [4.69, 9.17) is 0 Å². The van der Waals surface area contributed by atoms with Gasteiger partial charge in [-0.25, -0.2) is 13.8 Å². The molecule has 1 fully saturated rings. The van der Waals surface area contributed by atoms with E-state index in [1.165, 1.54) is 17.2 Å². The second kappa shape index (κ2) is 11.3. The molecule has 4 aromatic rings. The first-order valence-electron chi connectivity index (χ1n) is 13.0. The number of rotatable bonds is 7. The van der Waals surface area contributed by atoms with Crippen molar-refractivity contribution in [3.05, 3.63) is 102 Å². The van der Waals surface area contributed by atoms with Crippen LogP contribution in [0, 0.1) is 5.92 Å². The Morgan fingerprint density at radius 1 is 1.00 bits per heavy atom. The topological polar surface area (TPSA) is 91.4 Å². The number of fused-ring (bicyclic) bond motifs is 1. The molecule has 1 atom stereocenters. The van der Waals surface area contributed by atoms with Crippen LogP contribution in [0.25, 0.3) is 10.9 Å². The minimum atomic E-state index is -3.86. The van der Waals surface area contributed by atoms with Crippen LogP contribution < -0.4 is 10.1 Å². The van der Waals surface area contributed by atoms with Crippen molar-refractivity contribution in [1.82, 2.24) is 15.4 Å². The van der Waals surface area contributed by atoms with E-state index < -0.39 is 10.0 Å². The molecule has 0 radical (unpaired) electrons. The predicted molar refractivity (Wildman–Crippen MR) is 150 cm³/mol. The number of nitrogens with one attached hydrogen (secondary N) is 2. The molecule has 3 aromatic carbocycles. The van der Waals surface area contributed by atoms with Crippen LogP contribution in [0.4, 0.5) is 5.69 Å². The molecule has 1 saturated heterocycles. The number of para-hydroxylation sites is 1. The molecule has 0 bridgehead atoms. The van der Waals surface area contributed by atoms with Crippen LogP contribution in [0.5, 0.6) is 0 Å². The second-order valence-corrected chi connectivity index (χ2v) is 11.3. The van der Waals surface area contributed by atoms with Gasteiger partial charge >= 0.3 is 0 Å². The zero-order valence-corrected chi connectivity index (χ0v) is 22.2. The summed E-state index contributed by atoms with van der Waals surface area (Å²) in [6.07, 6.45) is 5.57. The lowest BCUT2D eigenvalue weighted by molar-refractivity contribution is 0.0669. The van der Waals surface area contributed by atoms with Crippen molar-refractivity contribution in [3.8, 4) is 0 Å². The second-order valence-electron chi connectivity index (χ2n) is 9.67. The molecule has 1 aliphatic heterocycles. The molecule has 38 heavy (non-hydrogen) atoms. The summed E-state index contributed by atoms with van der Waals surface area (Å²) in [5, 5.41) is 2.44. The summed E-state index contributed by atoms with van der Waals surface area (Å²) < 4.78 is 28.8. The van der Waals surface area contributed by atoms with Crippen LogP contribution in [0.15, 0.2) is 90.0 Å². The van der Waals surface area contributed by atoms with Gasteiger partial charge in [0.15, 0.2) is 0 Å². The summed E-state index contributed by atoms with van der Waals surface area (Å²) in [6.45, 7) is 3.55. The molecule has 1 amide bonds. The van der Waals surface area contributed by atoms with Crippen molar-refractivity contribution in [2.75, 3.05) is 17.8 Å². The third kappa shape index (κ3) is 5.71. The molecule has 7 nitrogen and oxygen atoms in total. The van der Waals surface area contributed by atoms with Crippen LogP contribution in [0.1, 0.15) is 41.3 Å². The van der Waals surface area contributed by atoms with E-state index in [0.717, 1.165) is 37.6 Å². The molecular formula is C30H32N4O3S. The summed E-state index contributed by atoms with van der Waals surface area (Å²) in [5.74, 6) is 0.341. The maximum atomic E-state index is 13.2. The highest BCUT2D eigenvalue weighted by Gasteiger charge is 2.23. The van der Waals surface area contributed by atoms with Gasteiger partial charge in [-0.15, -0.1) is 0 Å². The van der Waals surface area contributed by atoms with Crippen molar-refractivity contribution < 1.29 is 13.2 Å². The minimum absolute atomic E-state index is 0.112. The van der Waals surface area contributed by atoms with Gasteiger partial charge in [-0.2, -0.15) is 0 Å². The average Bonchev–Trinajstić information content (AvgIpc) is 3.18. The van der Waals surface area contributed by atoms with E-state index in [-0.39, 0.29) is 10.8 Å². The first-order valence-corrected chi connectivity index (χ1v) is 14.5. The summed E-state index contributed by atoms with van der Waals surface area (Å²) >= 11 is 0. The van der Waals surface area contributed by atoms with Gasteiger partial charge in [-0.3, -0.25) is 19.5 Å².